The molecular weight excluding hydrogens is 182 g/mol. The van der Waals surface area contributed by atoms with Gasteiger partial charge in [0.25, 0.3) is 0 Å². The van der Waals surface area contributed by atoms with Crippen LogP contribution in [0.1, 0.15) is 5.56 Å². The second-order valence-electron chi connectivity index (χ2n) is 1.99. The van der Waals surface area contributed by atoms with E-state index in [4.69, 9.17) is 16.7 Å². The Labute approximate surface area is 74.6 Å². The number of rotatable bonds is 2. The summed E-state index contributed by atoms with van der Waals surface area (Å²) in [6, 6.07) is 1.72. The summed E-state index contributed by atoms with van der Waals surface area (Å²) in [6.07, 6.45) is 3.53. The van der Waals surface area contributed by atoms with Crippen LogP contribution < -0.4 is 0 Å². The van der Waals surface area contributed by atoms with Crippen molar-refractivity contribution in [3.05, 3.63) is 22.8 Å². The lowest BCUT2D eigenvalue weighted by Crippen LogP contribution is -1.87. The summed E-state index contributed by atoms with van der Waals surface area (Å²) in [7, 11) is 0. The molecule has 0 amide bonds. The first-order valence-electron chi connectivity index (χ1n) is 3.07. The first kappa shape index (κ1) is 8.84. The Morgan fingerprint density at radius 1 is 1.73 bits per heavy atom. The third-order valence-corrected chi connectivity index (χ3v) is 2.35. The number of hydrogen-bond acceptors (Lipinski definition) is 3. The molecule has 0 bridgehead atoms. The minimum Gasteiger partial charge on any atom is -0.392 e. The predicted octanol–water partition coefficient (Wildman–Crippen LogP) is 1.95. The fourth-order valence-electron chi connectivity index (χ4n) is 0.702. The van der Waals surface area contributed by atoms with E-state index in [1.165, 1.54) is 11.8 Å². The van der Waals surface area contributed by atoms with Crippen molar-refractivity contribution >= 4 is 23.4 Å². The molecule has 1 aromatic rings. The van der Waals surface area contributed by atoms with Gasteiger partial charge in [-0.25, -0.2) is 4.98 Å². The molecule has 0 aliphatic carbocycles. The van der Waals surface area contributed by atoms with Gasteiger partial charge in [-0.15, -0.1) is 11.8 Å². The normalized spacial score (nSPS) is 10.1. The summed E-state index contributed by atoms with van der Waals surface area (Å²) in [6.45, 7) is -0.0125. The molecule has 0 fully saturated rings. The molecule has 0 aromatic carbocycles. The smallest absolute Gasteiger partial charge is 0.114 e. The number of pyridine rings is 1. The summed E-state index contributed by atoms with van der Waals surface area (Å²) in [5, 5.41) is 10.1. The molecule has 0 aliphatic rings. The van der Waals surface area contributed by atoms with Crippen LogP contribution in [0.5, 0.6) is 0 Å². The summed E-state index contributed by atoms with van der Waals surface area (Å²) < 4.78 is 0. The number of hydrogen-bond donors (Lipinski definition) is 1. The van der Waals surface area contributed by atoms with Crippen molar-refractivity contribution in [2.45, 2.75) is 11.6 Å². The molecule has 1 aromatic heterocycles. The topological polar surface area (TPSA) is 33.1 Å². The van der Waals surface area contributed by atoms with Gasteiger partial charge >= 0.3 is 0 Å². The lowest BCUT2D eigenvalue weighted by Gasteiger charge is -2.00. The van der Waals surface area contributed by atoms with E-state index in [-0.39, 0.29) is 6.61 Å². The fraction of sp³-hybridized carbons (Fsp3) is 0.286. The number of thioether (sulfide) groups is 1. The maximum absolute atomic E-state index is 8.72. The maximum atomic E-state index is 8.72. The molecule has 60 valence electrons. The van der Waals surface area contributed by atoms with Crippen molar-refractivity contribution in [3.8, 4) is 0 Å². The average Bonchev–Trinajstić information content (AvgIpc) is 2.04. The molecule has 1 N–H and O–H groups in total. The van der Waals surface area contributed by atoms with Crippen molar-refractivity contribution in [2.24, 2.45) is 0 Å². The third kappa shape index (κ3) is 2.09. The summed E-state index contributed by atoms with van der Waals surface area (Å²) in [5.41, 5.74) is 0.743. The van der Waals surface area contributed by atoms with Gasteiger partial charge in [0.15, 0.2) is 0 Å². The van der Waals surface area contributed by atoms with E-state index in [9.17, 15) is 0 Å². The lowest BCUT2D eigenvalue weighted by atomic mass is 10.3. The highest BCUT2D eigenvalue weighted by atomic mass is 35.5. The van der Waals surface area contributed by atoms with Gasteiger partial charge < -0.3 is 5.11 Å². The Kier molecular flexibility index (Phi) is 3.17. The number of aliphatic hydroxyl groups is 1. The predicted molar refractivity (Wildman–Crippen MR) is 47.0 cm³/mol. The van der Waals surface area contributed by atoms with Crippen LogP contribution in [0.4, 0.5) is 0 Å². The molecule has 4 heteroatoms. The molecule has 0 atom stereocenters. The zero-order valence-corrected chi connectivity index (χ0v) is 7.61. The molecule has 0 aliphatic heterocycles. The highest BCUT2D eigenvalue weighted by molar-refractivity contribution is 7.98. The Morgan fingerprint density at radius 3 is 2.91 bits per heavy atom. The average molecular weight is 190 g/mol. The van der Waals surface area contributed by atoms with Crippen LogP contribution in [-0.2, 0) is 6.61 Å². The molecule has 0 spiro atoms. The summed E-state index contributed by atoms with van der Waals surface area (Å²) in [5.74, 6) is 0. The summed E-state index contributed by atoms with van der Waals surface area (Å²) >= 11 is 7.30. The van der Waals surface area contributed by atoms with E-state index in [1.54, 1.807) is 12.3 Å². The molecule has 0 radical (unpaired) electrons. The van der Waals surface area contributed by atoms with Crippen LogP contribution in [0.2, 0.25) is 5.02 Å². The van der Waals surface area contributed by atoms with Gasteiger partial charge in [0.1, 0.15) is 5.03 Å². The zero-order valence-electron chi connectivity index (χ0n) is 6.04. The first-order chi connectivity index (χ1) is 5.27. The van der Waals surface area contributed by atoms with E-state index < -0.39 is 0 Å². The van der Waals surface area contributed by atoms with Crippen molar-refractivity contribution in [1.82, 2.24) is 4.98 Å². The van der Waals surface area contributed by atoms with E-state index in [2.05, 4.69) is 4.98 Å². The Balaban J connectivity index is 2.99. The quantitative estimate of drug-likeness (QED) is 0.722. The zero-order chi connectivity index (χ0) is 8.27. The molecule has 1 heterocycles. The van der Waals surface area contributed by atoms with Gasteiger partial charge in [-0.05, 0) is 17.9 Å². The van der Waals surface area contributed by atoms with Gasteiger partial charge in [-0.2, -0.15) is 0 Å². The van der Waals surface area contributed by atoms with Gasteiger partial charge in [-0.1, -0.05) is 11.6 Å². The minimum absolute atomic E-state index is 0.0125. The van der Waals surface area contributed by atoms with Gasteiger partial charge in [-0.3, -0.25) is 0 Å². The fourth-order valence-corrected chi connectivity index (χ4v) is 1.53. The van der Waals surface area contributed by atoms with E-state index in [1.807, 2.05) is 6.26 Å². The van der Waals surface area contributed by atoms with Crippen molar-refractivity contribution in [1.29, 1.82) is 0 Å². The molecule has 0 unspecified atom stereocenters. The Morgan fingerprint density at radius 2 is 2.45 bits per heavy atom. The standard InChI is InChI=1S/C7H8ClNOS/c1-11-7-6(8)2-5(4-10)3-9-7/h2-3,10H,4H2,1H3. The molecule has 0 saturated carbocycles. The summed E-state index contributed by atoms with van der Waals surface area (Å²) in [4.78, 5) is 4.04. The maximum Gasteiger partial charge on any atom is 0.114 e. The SMILES string of the molecule is CSc1ncc(CO)cc1Cl. The van der Waals surface area contributed by atoms with E-state index in [0.29, 0.717) is 5.02 Å². The van der Waals surface area contributed by atoms with Gasteiger partial charge in [0, 0.05) is 6.20 Å². The van der Waals surface area contributed by atoms with E-state index in [0.717, 1.165) is 10.6 Å². The highest BCUT2D eigenvalue weighted by Crippen LogP contribution is 2.22. The Bertz CT molecular complexity index is 254. The van der Waals surface area contributed by atoms with Crippen LogP contribution in [-0.4, -0.2) is 16.3 Å². The second kappa shape index (κ2) is 3.95. The van der Waals surface area contributed by atoms with Gasteiger partial charge in [0.2, 0.25) is 0 Å². The molecule has 2 nitrogen and oxygen atoms in total. The molecule has 1 rings (SSSR count). The number of aliphatic hydroxyl groups excluding tert-OH is 1. The number of aromatic nitrogens is 1. The second-order valence-corrected chi connectivity index (χ2v) is 3.19. The number of nitrogens with zero attached hydrogens (tertiary/aromatic N) is 1. The van der Waals surface area contributed by atoms with E-state index >= 15 is 0 Å². The first-order valence-corrected chi connectivity index (χ1v) is 4.67. The van der Waals surface area contributed by atoms with Crippen molar-refractivity contribution in [2.75, 3.05) is 6.26 Å². The Hall–Kier alpha value is -0.250. The molecule has 11 heavy (non-hydrogen) atoms. The highest BCUT2D eigenvalue weighted by Gasteiger charge is 2.00. The molecule has 0 saturated heterocycles. The monoisotopic (exact) mass is 189 g/mol. The van der Waals surface area contributed by atoms with Crippen molar-refractivity contribution < 1.29 is 5.11 Å². The third-order valence-electron chi connectivity index (χ3n) is 1.24. The van der Waals surface area contributed by atoms with Crippen LogP contribution >= 0.6 is 23.4 Å². The lowest BCUT2D eigenvalue weighted by molar-refractivity contribution is 0.281. The van der Waals surface area contributed by atoms with Crippen molar-refractivity contribution in [3.63, 3.8) is 0 Å². The van der Waals surface area contributed by atoms with Gasteiger partial charge in [0.05, 0.1) is 11.6 Å². The molecular formula is C7H8ClNOS. The largest absolute Gasteiger partial charge is 0.392 e. The van der Waals surface area contributed by atoms with Crippen LogP contribution in [0, 0.1) is 0 Å². The van der Waals surface area contributed by atoms with Crippen LogP contribution in [0.25, 0.3) is 0 Å². The minimum atomic E-state index is -0.0125. The van der Waals surface area contributed by atoms with Crippen LogP contribution in [0.15, 0.2) is 17.3 Å². The number of halogens is 1. The van der Waals surface area contributed by atoms with Crippen LogP contribution in [0.3, 0.4) is 0 Å².